The maximum absolute atomic E-state index is 13.2. The van der Waals surface area contributed by atoms with E-state index in [0.717, 1.165) is 6.42 Å². The van der Waals surface area contributed by atoms with Crippen molar-refractivity contribution in [2.75, 3.05) is 23.3 Å². The van der Waals surface area contributed by atoms with E-state index in [2.05, 4.69) is 5.32 Å². The minimum Gasteiger partial charge on any atom is -0.495 e. The first-order valence-corrected chi connectivity index (χ1v) is 10.4. The molecule has 0 bridgehead atoms. The second kappa shape index (κ2) is 7.60. The highest BCUT2D eigenvalue weighted by Gasteiger charge is 2.39. The van der Waals surface area contributed by atoms with Crippen molar-refractivity contribution in [2.45, 2.75) is 25.2 Å². The number of sulfonamides is 1. The van der Waals surface area contributed by atoms with Gasteiger partial charge in [0.05, 0.1) is 23.4 Å². The fourth-order valence-electron chi connectivity index (χ4n) is 3.07. The Morgan fingerprint density at radius 1 is 1.22 bits per heavy atom. The predicted molar refractivity (Wildman–Crippen MR) is 106 cm³/mol. The highest BCUT2D eigenvalue weighted by atomic mass is 32.2. The van der Waals surface area contributed by atoms with Gasteiger partial charge in [-0.15, -0.1) is 0 Å². The van der Waals surface area contributed by atoms with Crippen LogP contribution >= 0.6 is 0 Å². The Morgan fingerprint density at radius 3 is 2.44 bits per heavy atom. The van der Waals surface area contributed by atoms with Crippen LogP contribution in [0.15, 0.2) is 53.4 Å². The second-order valence-corrected chi connectivity index (χ2v) is 8.54. The number of nitrogens with one attached hydrogen (secondary N) is 1. The van der Waals surface area contributed by atoms with Gasteiger partial charge in [0.25, 0.3) is 10.0 Å². The molecule has 1 amide bonds. The van der Waals surface area contributed by atoms with Crippen molar-refractivity contribution in [1.82, 2.24) is 0 Å². The number of benzene rings is 2. The molecule has 2 atom stereocenters. The smallest absolute Gasteiger partial charge is 0.264 e. The number of amides is 1. The normalized spacial score (nSPS) is 18.6. The molecule has 1 fully saturated rings. The molecular weight excluding hydrogens is 364 g/mol. The molecule has 1 aliphatic carbocycles. The van der Waals surface area contributed by atoms with Gasteiger partial charge in [0.2, 0.25) is 5.91 Å². The molecule has 0 aliphatic heterocycles. The summed E-state index contributed by atoms with van der Waals surface area (Å²) in [5.41, 5.74) is 0.958. The fraction of sp³-hybridized carbons (Fsp3) is 0.350. The summed E-state index contributed by atoms with van der Waals surface area (Å²) in [7, 11) is -2.29. The molecule has 0 saturated heterocycles. The monoisotopic (exact) mass is 388 g/mol. The highest BCUT2D eigenvalue weighted by molar-refractivity contribution is 7.92. The highest BCUT2D eigenvalue weighted by Crippen LogP contribution is 2.39. The number of carbonyl (C=O) groups is 1. The minimum atomic E-state index is -3.78. The molecule has 6 nitrogen and oxygen atoms in total. The first kappa shape index (κ1) is 19.2. The Labute approximate surface area is 160 Å². The molecule has 0 radical (unpaired) electrons. The van der Waals surface area contributed by atoms with Gasteiger partial charge in [-0.1, -0.05) is 25.1 Å². The van der Waals surface area contributed by atoms with E-state index in [1.807, 2.05) is 13.0 Å². The molecule has 3 rings (SSSR count). The van der Waals surface area contributed by atoms with E-state index >= 15 is 0 Å². The maximum Gasteiger partial charge on any atom is 0.264 e. The quantitative estimate of drug-likeness (QED) is 0.788. The predicted octanol–water partition coefficient (Wildman–Crippen LogP) is 3.50. The van der Waals surface area contributed by atoms with Crippen molar-refractivity contribution in [3.05, 3.63) is 48.5 Å². The number of carbonyl (C=O) groups excluding carboxylic acids is 1. The van der Waals surface area contributed by atoms with Crippen LogP contribution in [0.1, 0.15) is 20.3 Å². The Kier molecular flexibility index (Phi) is 5.41. The van der Waals surface area contributed by atoms with Crippen molar-refractivity contribution in [2.24, 2.45) is 11.8 Å². The third-order valence-corrected chi connectivity index (χ3v) is 6.69. The van der Waals surface area contributed by atoms with Gasteiger partial charge in [-0.05, 0) is 49.6 Å². The van der Waals surface area contributed by atoms with Crippen LogP contribution in [0.2, 0.25) is 0 Å². The van der Waals surface area contributed by atoms with Crippen molar-refractivity contribution in [1.29, 1.82) is 0 Å². The molecule has 7 heteroatoms. The molecule has 2 aromatic rings. The summed E-state index contributed by atoms with van der Waals surface area (Å²) in [6.45, 7) is 4.09. The molecular formula is C20H24N2O4S. The summed E-state index contributed by atoms with van der Waals surface area (Å²) < 4.78 is 33.0. The second-order valence-electron chi connectivity index (χ2n) is 6.68. The standard InChI is InChI=1S/C20H24N2O4S/c1-4-22(15-8-6-5-7-9-15)27(24,25)16-10-11-19(26-3)18(13-16)21-20(23)17-12-14(17)2/h5-11,13-14,17H,4,12H2,1-3H3,(H,21,23). The van der Waals surface area contributed by atoms with Crippen molar-refractivity contribution < 1.29 is 17.9 Å². The number of methoxy groups -OCH3 is 1. The van der Waals surface area contributed by atoms with E-state index < -0.39 is 10.0 Å². The number of hydrogen-bond acceptors (Lipinski definition) is 4. The van der Waals surface area contributed by atoms with Crippen LogP contribution in [-0.2, 0) is 14.8 Å². The zero-order chi connectivity index (χ0) is 19.6. The molecule has 144 valence electrons. The number of hydrogen-bond donors (Lipinski definition) is 1. The number of ether oxygens (including phenoxy) is 1. The molecule has 1 saturated carbocycles. The molecule has 2 unspecified atom stereocenters. The van der Waals surface area contributed by atoms with Crippen LogP contribution < -0.4 is 14.4 Å². The van der Waals surface area contributed by atoms with Gasteiger partial charge in [-0.2, -0.15) is 0 Å². The molecule has 27 heavy (non-hydrogen) atoms. The molecule has 1 aliphatic rings. The van der Waals surface area contributed by atoms with Crippen molar-refractivity contribution in [3.63, 3.8) is 0 Å². The third-order valence-electron chi connectivity index (χ3n) is 4.79. The van der Waals surface area contributed by atoms with Gasteiger partial charge in [0.15, 0.2) is 0 Å². The third kappa shape index (κ3) is 3.93. The first-order valence-electron chi connectivity index (χ1n) is 8.95. The Morgan fingerprint density at radius 2 is 1.89 bits per heavy atom. The lowest BCUT2D eigenvalue weighted by molar-refractivity contribution is -0.117. The minimum absolute atomic E-state index is 0.0218. The summed E-state index contributed by atoms with van der Waals surface area (Å²) >= 11 is 0. The van der Waals surface area contributed by atoms with E-state index in [4.69, 9.17) is 4.74 Å². The Balaban J connectivity index is 1.95. The van der Waals surface area contributed by atoms with Gasteiger partial charge in [-0.25, -0.2) is 8.42 Å². The number of nitrogens with zero attached hydrogens (tertiary/aromatic N) is 1. The van der Waals surface area contributed by atoms with E-state index in [0.29, 0.717) is 29.6 Å². The van der Waals surface area contributed by atoms with Crippen LogP contribution in [0, 0.1) is 11.8 Å². The Bertz CT molecular complexity index is 928. The maximum atomic E-state index is 13.2. The van der Waals surface area contributed by atoms with E-state index in [1.165, 1.54) is 23.5 Å². The lowest BCUT2D eigenvalue weighted by Gasteiger charge is -2.23. The molecule has 2 aromatic carbocycles. The number of para-hydroxylation sites is 1. The molecule has 0 aromatic heterocycles. The number of anilines is 2. The van der Waals surface area contributed by atoms with E-state index in [9.17, 15) is 13.2 Å². The van der Waals surface area contributed by atoms with Crippen LogP contribution in [0.25, 0.3) is 0 Å². The van der Waals surface area contributed by atoms with E-state index in [-0.39, 0.29) is 16.7 Å². The largest absolute Gasteiger partial charge is 0.495 e. The lowest BCUT2D eigenvalue weighted by Crippen LogP contribution is -2.30. The molecule has 0 spiro atoms. The summed E-state index contributed by atoms with van der Waals surface area (Å²) in [5, 5.41) is 2.82. The van der Waals surface area contributed by atoms with Gasteiger partial charge < -0.3 is 10.1 Å². The average molecular weight is 388 g/mol. The molecule has 1 N–H and O–H groups in total. The summed E-state index contributed by atoms with van der Waals surface area (Å²) in [6, 6.07) is 13.5. The van der Waals surface area contributed by atoms with Crippen LogP contribution in [0.3, 0.4) is 0 Å². The van der Waals surface area contributed by atoms with Crippen molar-refractivity contribution in [3.8, 4) is 5.75 Å². The SMILES string of the molecule is CCN(c1ccccc1)S(=O)(=O)c1ccc(OC)c(NC(=O)C2CC2C)c1. The number of rotatable bonds is 7. The van der Waals surface area contributed by atoms with Crippen LogP contribution in [0.5, 0.6) is 5.75 Å². The average Bonchev–Trinajstić information content (AvgIpc) is 3.40. The van der Waals surface area contributed by atoms with Gasteiger partial charge in [0.1, 0.15) is 5.75 Å². The van der Waals surface area contributed by atoms with E-state index in [1.54, 1.807) is 37.3 Å². The zero-order valence-corrected chi connectivity index (χ0v) is 16.5. The van der Waals surface area contributed by atoms with Gasteiger partial charge in [-0.3, -0.25) is 9.10 Å². The van der Waals surface area contributed by atoms with Crippen LogP contribution in [-0.4, -0.2) is 28.0 Å². The summed E-state index contributed by atoms with van der Waals surface area (Å²) in [5.74, 6) is 0.659. The zero-order valence-electron chi connectivity index (χ0n) is 15.7. The summed E-state index contributed by atoms with van der Waals surface area (Å²) in [6.07, 6.45) is 0.851. The first-order chi connectivity index (χ1) is 12.9. The molecule has 0 heterocycles. The fourth-order valence-corrected chi connectivity index (χ4v) is 4.57. The van der Waals surface area contributed by atoms with Gasteiger partial charge in [0, 0.05) is 12.5 Å². The van der Waals surface area contributed by atoms with Crippen LogP contribution in [0.4, 0.5) is 11.4 Å². The Hall–Kier alpha value is -2.54. The van der Waals surface area contributed by atoms with Crippen molar-refractivity contribution >= 4 is 27.3 Å². The summed E-state index contributed by atoms with van der Waals surface area (Å²) in [4.78, 5) is 12.4. The van der Waals surface area contributed by atoms with Gasteiger partial charge >= 0.3 is 0 Å². The lowest BCUT2D eigenvalue weighted by atomic mass is 10.2. The topological polar surface area (TPSA) is 75.7 Å².